The van der Waals surface area contributed by atoms with E-state index in [-0.39, 0.29) is 35.6 Å². The third kappa shape index (κ3) is 6.71. The molecule has 0 unspecified atom stereocenters. The Bertz CT molecular complexity index is 1290. The maximum atomic E-state index is 12.6. The Morgan fingerprint density at radius 1 is 1.08 bits per heavy atom. The van der Waals surface area contributed by atoms with Crippen molar-refractivity contribution in [1.82, 2.24) is 10.2 Å². The summed E-state index contributed by atoms with van der Waals surface area (Å²) in [5.41, 5.74) is 1.49. The van der Waals surface area contributed by atoms with Gasteiger partial charge in [0.15, 0.2) is 5.17 Å². The smallest absolute Gasteiger partial charge is 0.262 e. The Labute approximate surface area is 213 Å². The van der Waals surface area contributed by atoms with E-state index in [1.807, 2.05) is 0 Å². The molecule has 2 aliphatic heterocycles. The van der Waals surface area contributed by atoms with E-state index < -0.39 is 15.3 Å². The van der Waals surface area contributed by atoms with Crippen molar-refractivity contribution in [2.24, 2.45) is 10.1 Å². The Morgan fingerprint density at radius 2 is 1.81 bits per heavy atom. The van der Waals surface area contributed by atoms with E-state index in [9.17, 15) is 22.8 Å². The first-order chi connectivity index (χ1) is 17.2. The lowest BCUT2D eigenvalue weighted by atomic mass is 10.1. The zero-order chi connectivity index (χ0) is 25.7. The standard InChI is InChI=1S/C24H27N5O5S2/c25-36(33,34)19-9-7-16(8-10-19)15-26-22(31)17-5-4-6-18(13-17)27-21(30)14-20-23(32)28-24(35-20)29-11-2-1-3-12-29/h4-10,13,20H,1-3,11-12,14-15H2,(H,26,31)(H,27,30)(H2,25,33,34)/t20-/m0/s1. The average molecular weight is 530 g/mol. The normalized spacial score (nSPS) is 18.0. The molecule has 4 rings (SSSR count). The molecule has 12 heteroatoms. The summed E-state index contributed by atoms with van der Waals surface area (Å²) in [5.74, 6) is -0.980. The molecule has 190 valence electrons. The molecule has 0 saturated carbocycles. The molecule has 2 aromatic carbocycles. The number of primary sulfonamides is 1. The van der Waals surface area contributed by atoms with Gasteiger partial charge >= 0.3 is 0 Å². The van der Waals surface area contributed by atoms with Crippen LogP contribution in [0, 0.1) is 0 Å². The predicted molar refractivity (Wildman–Crippen MR) is 138 cm³/mol. The van der Waals surface area contributed by atoms with Crippen LogP contribution in [-0.2, 0) is 26.2 Å². The third-order valence-corrected chi connectivity index (χ3v) is 7.98. The Hall–Kier alpha value is -3.22. The van der Waals surface area contributed by atoms with Gasteiger partial charge in [-0.2, -0.15) is 4.99 Å². The summed E-state index contributed by atoms with van der Waals surface area (Å²) in [6.45, 7) is 1.95. The zero-order valence-corrected chi connectivity index (χ0v) is 21.1. The molecule has 3 amide bonds. The highest BCUT2D eigenvalue weighted by Crippen LogP contribution is 2.29. The van der Waals surface area contributed by atoms with Crippen molar-refractivity contribution in [3.05, 3.63) is 59.7 Å². The van der Waals surface area contributed by atoms with Gasteiger partial charge in [0.25, 0.3) is 11.8 Å². The van der Waals surface area contributed by atoms with Gasteiger partial charge in [-0.1, -0.05) is 30.0 Å². The summed E-state index contributed by atoms with van der Waals surface area (Å²) in [5, 5.41) is 10.8. The van der Waals surface area contributed by atoms with E-state index in [1.54, 1.807) is 36.4 Å². The first-order valence-corrected chi connectivity index (χ1v) is 14.0. The molecule has 10 nitrogen and oxygen atoms in total. The molecule has 0 bridgehead atoms. The summed E-state index contributed by atoms with van der Waals surface area (Å²) >= 11 is 1.34. The number of amides is 3. The fraction of sp³-hybridized carbons (Fsp3) is 0.333. The van der Waals surface area contributed by atoms with Crippen molar-refractivity contribution in [2.45, 2.75) is 42.4 Å². The number of hydrogen-bond acceptors (Lipinski definition) is 7. The van der Waals surface area contributed by atoms with Gasteiger partial charge in [0.2, 0.25) is 15.9 Å². The van der Waals surface area contributed by atoms with Crippen molar-refractivity contribution < 1.29 is 22.8 Å². The quantitative estimate of drug-likeness (QED) is 0.497. The zero-order valence-electron chi connectivity index (χ0n) is 19.5. The van der Waals surface area contributed by atoms with Crippen LogP contribution in [0.3, 0.4) is 0 Å². The van der Waals surface area contributed by atoms with Gasteiger partial charge < -0.3 is 15.5 Å². The summed E-state index contributed by atoms with van der Waals surface area (Å²) < 4.78 is 22.7. The predicted octanol–water partition coefficient (Wildman–Crippen LogP) is 2.08. The number of rotatable bonds is 7. The van der Waals surface area contributed by atoms with Crippen molar-refractivity contribution in [3.8, 4) is 0 Å². The number of nitrogens with zero attached hydrogens (tertiary/aromatic N) is 2. The second-order valence-corrected chi connectivity index (χ2v) is 11.3. The van der Waals surface area contributed by atoms with E-state index in [1.165, 1.54) is 30.3 Å². The fourth-order valence-electron chi connectivity index (χ4n) is 3.93. The largest absolute Gasteiger partial charge is 0.351 e. The van der Waals surface area contributed by atoms with Crippen LogP contribution < -0.4 is 15.8 Å². The molecular formula is C24H27N5O5S2. The number of nitrogens with one attached hydrogen (secondary N) is 2. The van der Waals surface area contributed by atoms with Crippen LogP contribution in [0.2, 0.25) is 0 Å². The van der Waals surface area contributed by atoms with Gasteiger partial charge in [-0.3, -0.25) is 14.4 Å². The Kier molecular flexibility index (Phi) is 8.07. The average Bonchev–Trinajstić information content (AvgIpc) is 3.22. The van der Waals surface area contributed by atoms with Crippen molar-refractivity contribution >= 4 is 50.4 Å². The van der Waals surface area contributed by atoms with Crippen LogP contribution in [-0.4, -0.2) is 54.5 Å². The monoisotopic (exact) mass is 529 g/mol. The molecule has 1 saturated heterocycles. The minimum atomic E-state index is -3.78. The lowest BCUT2D eigenvalue weighted by molar-refractivity contribution is -0.121. The van der Waals surface area contributed by atoms with Gasteiger partial charge in [-0.15, -0.1) is 0 Å². The highest BCUT2D eigenvalue weighted by molar-refractivity contribution is 8.15. The lowest BCUT2D eigenvalue weighted by Gasteiger charge is -2.27. The van der Waals surface area contributed by atoms with Crippen molar-refractivity contribution in [2.75, 3.05) is 18.4 Å². The van der Waals surface area contributed by atoms with Crippen molar-refractivity contribution in [3.63, 3.8) is 0 Å². The Balaban J connectivity index is 1.29. The molecule has 2 aliphatic rings. The topological polar surface area (TPSA) is 151 Å². The molecule has 36 heavy (non-hydrogen) atoms. The molecular weight excluding hydrogens is 502 g/mol. The maximum absolute atomic E-state index is 12.6. The molecule has 4 N–H and O–H groups in total. The van der Waals surface area contributed by atoms with Gasteiger partial charge in [-0.05, 0) is 55.2 Å². The number of likely N-dealkylation sites (tertiary alicyclic amines) is 1. The van der Waals surface area contributed by atoms with E-state index in [0.717, 1.165) is 25.9 Å². The number of aliphatic imine (C=N–C) groups is 1. The van der Waals surface area contributed by atoms with Crippen LogP contribution in [0.15, 0.2) is 58.4 Å². The third-order valence-electron chi connectivity index (χ3n) is 5.84. The van der Waals surface area contributed by atoms with Crippen molar-refractivity contribution in [1.29, 1.82) is 0 Å². The number of sulfonamides is 1. The number of carbonyl (C=O) groups excluding carboxylic acids is 3. The van der Waals surface area contributed by atoms with E-state index in [4.69, 9.17) is 5.14 Å². The molecule has 2 heterocycles. The van der Waals surface area contributed by atoms with Gasteiger partial charge in [0.05, 0.1) is 4.90 Å². The van der Waals surface area contributed by atoms with Crippen LogP contribution in [0.25, 0.3) is 0 Å². The minimum absolute atomic E-state index is 0.00468. The maximum Gasteiger partial charge on any atom is 0.262 e. The second kappa shape index (κ2) is 11.2. The number of anilines is 1. The number of piperidine rings is 1. The van der Waals surface area contributed by atoms with E-state index in [0.29, 0.717) is 22.0 Å². The number of hydrogen-bond donors (Lipinski definition) is 3. The fourth-order valence-corrected chi connectivity index (χ4v) is 5.56. The lowest BCUT2D eigenvalue weighted by Crippen LogP contribution is -2.33. The molecule has 2 aromatic rings. The molecule has 0 aliphatic carbocycles. The van der Waals surface area contributed by atoms with Gasteiger partial charge in [0.1, 0.15) is 5.25 Å². The first-order valence-electron chi connectivity index (χ1n) is 11.5. The summed E-state index contributed by atoms with van der Waals surface area (Å²) in [7, 11) is -3.78. The highest BCUT2D eigenvalue weighted by Gasteiger charge is 2.33. The van der Waals surface area contributed by atoms with E-state index in [2.05, 4.69) is 20.5 Å². The number of amidine groups is 1. The molecule has 0 spiro atoms. The summed E-state index contributed by atoms with van der Waals surface area (Å²) in [6.07, 6.45) is 3.33. The van der Waals surface area contributed by atoms with Crippen LogP contribution in [0.5, 0.6) is 0 Å². The molecule has 1 atom stereocenters. The number of thioether (sulfide) groups is 1. The number of nitrogens with two attached hydrogens (primary N) is 1. The number of carbonyl (C=O) groups is 3. The number of benzene rings is 2. The minimum Gasteiger partial charge on any atom is -0.351 e. The SMILES string of the molecule is NS(=O)(=O)c1ccc(CNC(=O)c2cccc(NC(=O)C[C@@H]3SC(N4CCCCC4)=NC3=O)c2)cc1. The second-order valence-electron chi connectivity index (χ2n) is 8.59. The van der Waals surface area contributed by atoms with E-state index >= 15 is 0 Å². The Morgan fingerprint density at radius 3 is 2.50 bits per heavy atom. The van der Waals surface area contributed by atoms with Gasteiger partial charge in [0, 0.05) is 37.3 Å². The van der Waals surface area contributed by atoms with Crippen LogP contribution in [0.4, 0.5) is 5.69 Å². The van der Waals surface area contributed by atoms with Crippen LogP contribution in [0.1, 0.15) is 41.6 Å². The van der Waals surface area contributed by atoms with Crippen LogP contribution >= 0.6 is 11.8 Å². The highest BCUT2D eigenvalue weighted by atomic mass is 32.2. The summed E-state index contributed by atoms with van der Waals surface area (Å²) in [4.78, 5) is 43.7. The molecule has 0 aromatic heterocycles. The first kappa shape index (κ1) is 25.9. The molecule has 0 radical (unpaired) electrons. The van der Waals surface area contributed by atoms with Gasteiger partial charge in [-0.25, -0.2) is 13.6 Å². The molecule has 1 fully saturated rings. The summed E-state index contributed by atoms with van der Waals surface area (Å²) in [6, 6.07) is 12.4.